The van der Waals surface area contributed by atoms with Crippen molar-refractivity contribution in [3.8, 4) is 0 Å². The maximum Gasteiger partial charge on any atom is 0.188 e. The van der Waals surface area contributed by atoms with E-state index in [-0.39, 0.29) is 0 Å². The normalized spacial score (nSPS) is 11.5. The topological polar surface area (TPSA) is 95.8 Å². The number of aromatic nitrogens is 3. The SMILES string of the molecule is CN/C=C(\C=N)c1cnc2ccc(Nc3nc(COC)cs3)nc2c1. The van der Waals surface area contributed by atoms with E-state index in [1.165, 1.54) is 17.6 Å². The lowest BCUT2D eigenvalue weighted by Crippen LogP contribution is -1.99. The van der Waals surface area contributed by atoms with Gasteiger partial charge >= 0.3 is 0 Å². The number of ether oxygens (including phenoxy) is 1. The van der Waals surface area contributed by atoms with Gasteiger partial charge in [0.25, 0.3) is 0 Å². The van der Waals surface area contributed by atoms with Gasteiger partial charge in [-0.15, -0.1) is 11.3 Å². The molecule has 25 heavy (non-hydrogen) atoms. The molecule has 0 aliphatic heterocycles. The van der Waals surface area contributed by atoms with E-state index in [1.54, 1.807) is 26.6 Å². The molecule has 0 amide bonds. The monoisotopic (exact) mass is 354 g/mol. The summed E-state index contributed by atoms with van der Waals surface area (Å²) in [5, 5.41) is 16.4. The van der Waals surface area contributed by atoms with Crippen LogP contribution in [0.3, 0.4) is 0 Å². The fraction of sp³-hybridized carbons (Fsp3) is 0.176. The van der Waals surface area contributed by atoms with E-state index in [0.717, 1.165) is 33.0 Å². The number of hydrogen-bond acceptors (Lipinski definition) is 8. The molecule has 0 saturated carbocycles. The second kappa shape index (κ2) is 7.82. The molecule has 3 aromatic heterocycles. The number of fused-ring (bicyclic) bond motifs is 1. The standard InChI is InChI=1S/C17H18N6OS/c1-19-7-12(6-18)11-5-15-14(20-8-11)3-4-16(22-15)23-17-21-13(9-24-2)10-25-17/h3-8,10,18-19H,9H2,1-2H3,(H,21,22,23)/b12-7+,18-6?. The molecule has 8 heteroatoms. The van der Waals surface area contributed by atoms with Crippen LogP contribution in [0.4, 0.5) is 10.9 Å². The van der Waals surface area contributed by atoms with E-state index in [1.807, 2.05) is 23.6 Å². The van der Waals surface area contributed by atoms with Crippen LogP contribution in [0, 0.1) is 5.41 Å². The summed E-state index contributed by atoms with van der Waals surface area (Å²) < 4.78 is 5.08. The number of rotatable bonds is 7. The van der Waals surface area contributed by atoms with Crippen molar-refractivity contribution in [1.82, 2.24) is 20.3 Å². The van der Waals surface area contributed by atoms with Crippen molar-refractivity contribution >= 4 is 45.1 Å². The van der Waals surface area contributed by atoms with E-state index >= 15 is 0 Å². The lowest BCUT2D eigenvalue weighted by Gasteiger charge is -2.06. The van der Waals surface area contributed by atoms with Crippen LogP contribution < -0.4 is 10.6 Å². The van der Waals surface area contributed by atoms with Gasteiger partial charge < -0.3 is 20.8 Å². The van der Waals surface area contributed by atoms with Gasteiger partial charge in [-0.25, -0.2) is 9.97 Å². The smallest absolute Gasteiger partial charge is 0.188 e. The first-order valence-electron chi connectivity index (χ1n) is 7.59. The Morgan fingerprint density at radius 1 is 1.32 bits per heavy atom. The van der Waals surface area contributed by atoms with Crippen molar-refractivity contribution in [2.45, 2.75) is 6.61 Å². The molecule has 128 valence electrons. The Bertz CT molecular complexity index is 920. The molecular weight excluding hydrogens is 336 g/mol. The Hall–Kier alpha value is -2.84. The predicted octanol–water partition coefficient (Wildman–Crippen LogP) is 3.19. The number of allylic oxidation sites excluding steroid dienone is 1. The third-order valence-corrected chi connectivity index (χ3v) is 4.21. The predicted molar refractivity (Wildman–Crippen MR) is 101 cm³/mol. The molecule has 0 spiro atoms. The fourth-order valence-corrected chi connectivity index (χ4v) is 2.99. The minimum Gasteiger partial charge on any atom is -0.393 e. The molecule has 0 unspecified atom stereocenters. The van der Waals surface area contributed by atoms with Crippen LogP contribution in [-0.4, -0.2) is 35.3 Å². The molecule has 0 fully saturated rings. The van der Waals surface area contributed by atoms with Gasteiger partial charge in [0.05, 0.1) is 23.3 Å². The summed E-state index contributed by atoms with van der Waals surface area (Å²) in [6, 6.07) is 5.69. The molecular formula is C17H18N6OS. The lowest BCUT2D eigenvalue weighted by atomic mass is 10.1. The third kappa shape index (κ3) is 3.98. The molecule has 3 N–H and O–H groups in total. The Morgan fingerprint density at radius 2 is 2.20 bits per heavy atom. The average Bonchev–Trinajstić information content (AvgIpc) is 3.06. The average molecular weight is 354 g/mol. The van der Waals surface area contributed by atoms with Crippen molar-refractivity contribution in [3.63, 3.8) is 0 Å². The van der Waals surface area contributed by atoms with Crippen LogP contribution in [0.15, 0.2) is 36.0 Å². The first kappa shape index (κ1) is 17.0. The Labute approximate surface area is 149 Å². The van der Waals surface area contributed by atoms with Gasteiger partial charge in [-0.3, -0.25) is 4.98 Å². The van der Waals surface area contributed by atoms with Crippen LogP contribution in [0.2, 0.25) is 0 Å². The Kier molecular flexibility index (Phi) is 5.32. The van der Waals surface area contributed by atoms with Crippen LogP contribution in [0.5, 0.6) is 0 Å². The Morgan fingerprint density at radius 3 is 2.96 bits per heavy atom. The van der Waals surface area contributed by atoms with Crippen molar-refractivity contribution in [1.29, 1.82) is 5.41 Å². The second-order valence-corrected chi connectivity index (χ2v) is 6.05. The van der Waals surface area contributed by atoms with Gasteiger partial charge in [0.1, 0.15) is 5.82 Å². The van der Waals surface area contributed by atoms with Crippen LogP contribution in [-0.2, 0) is 11.3 Å². The maximum atomic E-state index is 7.53. The number of thiazole rings is 1. The van der Waals surface area contributed by atoms with Gasteiger partial charge in [-0.2, -0.15) is 0 Å². The summed E-state index contributed by atoms with van der Waals surface area (Å²) in [4.78, 5) is 13.5. The van der Waals surface area contributed by atoms with E-state index in [2.05, 4.69) is 25.6 Å². The van der Waals surface area contributed by atoms with Gasteiger partial charge in [-0.05, 0) is 18.2 Å². The summed E-state index contributed by atoms with van der Waals surface area (Å²) in [5.74, 6) is 0.693. The largest absolute Gasteiger partial charge is 0.393 e. The highest BCUT2D eigenvalue weighted by Crippen LogP contribution is 2.23. The first-order chi connectivity index (χ1) is 12.2. The molecule has 0 radical (unpaired) electrons. The number of methoxy groups -OCH3 is 1. The minimum absolute atomic E-state index is 0.487. The summed E-state index contributed by atoms with van der Waals surface area (Å²) in [6.45, 7) is 0.487. The number of nitrogens with zero attached hydrogens (tertiary/aromatic N) is 3. The lowest BCUT2D eigenvalue weighted by molar-refractivity contribution is 0.182. The number of pyridine rings is 2. The molecule has 0 bridgehead atoms. The van der Waals surface area contributed by atoms with E-state index in [4.69, 9.17) is 10.1 Å². The summed E-state index contributed by atoms with van der Waals surface area (Å²) >= 11 is 1.50. The van der Waals surface area contributed by atoms with Gasteiger partial charge in [0.15, 0.2) is 5.13 Å². The highest BCUT2D eigenvalue weighted by molar-refractivity contribution is 7.13. The number of nitrogens with one attached hydrogen (secondary N) is 3. The van der Waals surface area contributed by atoms with Crippen molar-refractivity contribution < 1.29 is 4.74 Å². The molecule has 0 atom stereocenters. The zero-order valence-electron chi connectivity index (χ0n) is 13.9. The first-order valence-corrected chi connectivity index (χ1v) is 8.47. The summed E-state index contributed by atoms with van der Waals surface area (Å²) in [6.07, 6.45) is 4.78. The minimum atomic E-state index is 0.487. The second-order valence-electron chi connectivity index (χ2n) is 5.19. The highest BCUT2D eigenvalue weighted by Gasteiger charge is 2.06. The molecule has 3 heterocycles. The number of anilines is 2. The highest BCUT2D eigenvalue weighted by atomic mass is 32.1. The van der Waals surface area contributed by atoms with Gasteiger partial charge in [0.2, 0.25) is 0 Å². The van der Waals surface area contributed by atoms with Crippen molar-refractivity contribution in [2.75, 3.05) is 19.5 Å². The molecule has 0 aliphatic rings. The summed E-state index contributed by atoms with van der Waals surface area (Å²) in [5.41, 5.74) is 3.99. The summed E-state index contributed by atoms with van der Waals surface area (Å²) in [7, 11) is 3.44. The molecule has 3 rings (SSSR count). The third-order valence-electron chi connectivity index (χ3n) is 3.40. The molecule has 3 aromatic rings. The van der Waals surface area contributed by atoms with Gasteiger partial charge in [0, 0.05) is 49.3 Å². The van der Waals surface area contributed by atoms with E-state index < -0.39 is 0 Å². The van der Waals surface area contributed by atoms with E-state index in [0.29, 0.717) is 12.4 Å². The van der Waals surface area contributed by atoms with Crippen LogP contribution >= 0.6 is 11.3 Å². The molecule has 0 saturated heterocycles. The molecule has 0 aromatic carbocycles. The fourth-order valence-electron chi connectivity index (χ4n) is 2.29. The number of hydrogen-bond donors (Lipinski definition) is 3. The van der Waals surface area contributed by atoms with Crippen molar-refractivity contribution in [3.05, 3.63) is 47.2 Å². The quantitative estimate of drug-likeness (QED) is 0.564. The zero-order chi connectivity index (χ0) is 17.6. The van der Waals surface area contributed by atoms with E-state index in [9.17, 15) is 0 Å². The Balaban J connectivity index is 1.89. The van der Waals surface area contributed by atoms with Crippen LogP contribution in [0.25, 0.3) is 16.6 Å². The molecule has 7 nitrogen and oxygen atoms in total. The zero-order valence-corrected chi connectivity index (χ0v) is 14.7. The molecule has 0 aliphatic carbocycles. The maximum absolute atomic E-state index is 7.53. The van der Waals surface area contributed by atoms with Crippen molar-refractivity contribution in [2.24, 2.45) is 0 Å². The van der Waals surface area contributed by atoms with Crippen LogP contribution in [0.1, 0.15) is 11.3 Å². The van der Waals surface area contributed by atoms with Gasteiger partial charge in [-0.1, -0.05) is 0 Å².